The standard InChI is InChI=1S/C20H25N3O6/c24-15(25)11-21-17(26)16-18(27)22(12-13-7-3-1-4-8-13)20(29)23(19(16)28)14-9-5-2-6-10-14/h1,3-4,7-8,14,20,28-29H,2,5-6,9-12H2,(H,21,26)(H,24,25). The van der Waals surface area contributed by atoms with Crippen LogP contribution < -0.4 is 5.32 Å². The highest BCUT2D eigenvalue weighted by molar-refractivity contribution is 6.19. The summed E-state index contributed by atoms with van der Waals surface area (Å²) in [6, 6.07) is 8.75. The van der Waals surface area contributed by atoms with E-state index in [9.17, 15) is 24.6 Å². The van der Waals surface area contributed by atoms with E-state index in [0.717, 1.165) is 29.7 Å². The number of carboxylic acid groups (broad SMARTS) is 1. The van der Waals surface area contributed by atoms with Crippen molar-refractivity contribution in [2.45, 2.75) is 51.0 Å². The maximum atomic E-state index is 13.0. The van der Waals surface area contributed by atoms with E-state index in [4.69, 9.17) is 5.11 Å². The highest BCUT2D eigenvalue weighted by Crippen LogP contribution is 2.32. The quantitative estimate of drug-likeness (QED) is 0.519. The zero-order valence-corrected chi connectivity index (χ0v) is 16.0. The van der Waals surface area contributed by atoms with E-state index in [1.165, 1.54) is 4.90 Å². The first-order chi connectivity index (χ1) is 13.9. The highest BCUT2D eigenvalue weighted by atomic mass is 16.4. The van der Waals surface area contributed by atoms with Crippen molar-refractivity contribution in [1.82, 2.24) is 15.1 Å². The summed E-state index contributed by atoms with van der Waals surface area (Å²) in [5.74, 6) is -3.72. The molecule has 1 heterocycles. The third kappa shape index (κ3) is 4.51. The number of amides is 2. The van der Waals surface area contributed by atoms with Gasteiger partial charge in [-0.15, -0.1) is 0 Å². The summed E-state index contributed by atoms with van der Waals surface area (Å²) in [7, 11) is 0. The Labute approximate surface area is 168 Å². The van der Waals surface area contributed by atoms with Gasteiger partial charge in [0.1, 0.15) is 6.54 Å². The van der Waals surface area contributed by atoms with E-state index in [1.54, 1.807) is 24.3 Å². The zero-order chi connectivity index (χ0) is 21.0. The molecule has 1 aromatic carbocycles. The van der Waals surface area contributed by atoms with Gasteiger partial charge in [0, 0.05) is 6.04 Å². The van der Waals surface area contributed by atoms with Gasteiger partial charge in [0.2, 0.25) is 12.2 Å². The van der Waals surface area contributed by atoms with Crippen molar-refractivity contribution < 1.29 is 29.7 Å². The lowest BCUT2D eigenvalue weighted by atomic mass is 9.93. The van der Waals surface area contributed by atoms with E-state index in [0.29, 0.717) is 12.8 Å². The summed E-state index contributed by atoms with van der Waals surface area (Å²) in [6.07, 6.45) is 2.85. The first-order valence-corrected chi connectivity index (χ1v) is 9.64. The third-order valence-electron chi connectivity index (χ3n) is 5.26. The second-order valence-corrected chi connectivity index (χ2v) is 7.24. The Bertz CT molecular complexity index is 804. The van der Waals surface area contributed by atoms with Gasteiger partial charge < -0.3 is 20.6 Å². The number of hydrogen-bond donors (Lipinski definition) is 4. The molecule has 0 radical (unpaired) electrons. The van der Waals surface area contributed by atoms with Crippen molar-refractivity contribution in [2.75, 3.05) is 6.54 Å². The molecule has 2 aliphatic rings. The Morgan fingerprint density at radius 1 is 1.10 bits per heavy atom. The number of nitrogens with zero attached hydrogens (tertiary/aromatic N) is 2. The molecule has 1 fully saturated rings. The van der Waals surface area contributed by atoms with Crippen molar-refractivity contribution in [3.63, 3.8) is 0 Å². The molecule has 1 atom stereocenters. The number of benzene rings is 1. The van der Waals surface area contributed by atoms with Crippen LogP contribution in [0.3, 0.4) is 0 Å². The molecule has 0 saturated heterocycles. The first-order valence-electron chi connectivity index (χ1n) is 9.64. The third-order valence-corrected chi connectivity index (χ3v) is 5.26. The molecule has 0 spiro atoms. The SMILES string of the molecule is O=C(O)CNC(=O)C1=C(O)N(C2CCCCC2)C(O)N(Cc2ccccc2)C1=O. The molecule has 1 unspecified atom stereocenters. The minimum absolute atomic E-state index is 0.0348. The number of carboxylic acids is 1. The highest BCUT2D eigenvalue weighted by Gasteiger charge is 2.44. The summed E-state index contributed by atoms with van der Waals surface area (Å²) in [6.45, 7) is -0.652. The van der Waals surface area contributed by atoms with E-state index < -0.39 is 42.1 Å². The molecule has 1 saturated carbocycles. The average Bonchev–Trinajstić information content (AvgIpc) is 2.71. The minimum atomic E-state index is -1.43. The Kier molecular flexibility index (Phi) is 6.38. The Morgan fingerprint density at radius 2 is 1.76 bits per heavy atom. The monoisotopic (exact) mass is 403 g/mol. The molecule has 2 amide bonds. The molecule has 1 aliphatic heterocycles. The summed E-state index contributed by atoms with van der Waals surface area (Å²) >= 11 is 0. The van der Waals surface area contributed by atoms with E-state index in [2.05, 4.69) is 5.32 Å². The van der Waals surface area contributed by atoms with Gasteiger partial charge in [-0.05, 0) is 18.4 Å². The average molecular weight is 403 g/mol. The number of aliphatic hydroxyl groups is 2. The normalized spacial score (nSPS) is 20.7. The number of carbonyl (C=O) groups excluding carboxylic acids is 2. The van der Waals surface area contributed by atoms with Crippen LogP contribution in [-0.2, 0) is 20.9 Å². The van der Waals surface area contributed by atoms with E-state index >= 15 is 0 Å². The molecule has 9 nitrogen and oxygen atoms in total. The maximum Gasteiger partial charge on any atom is 0.322 e. The molecule has 9 heteroatoms. The molecule has 4 N–H and O–H groups in total. The van der Waals surface area contributed by atoms with Crippen molar-refractivity contribution in [3.05, 3.63) is 47.4 Å². The van der Waals surface area contributed by atoms with Crippen LogP contribution in [-0.4, -0.2) is 61.8 Å². The van der Waals surface area contributed by atoms with Gasteiger partial charge >= 0.3 is 5.97 Å². The van der Waals surface area contributed by atoms with Gasteiger partial charge in [-0.3, -0.25) is 24.2 Å². The number of nitrogens with one attached hydrogen (secondary N) is 1. The van der Waals surface area contributed by atoms with E-state index in [1.807, 2.05) is 6.07 Å². The Balaban J connectivity index is 1.95. The fourth-order valence-corrected chi connectivity index (χ4v) is 3.83. The molecule has 0 aromatic heterocycles. The predicted octanol–water partition coefficient (Wildman–Crippen LogP) is 0.910. The molecule has 1 aliphatic carbocycles. The number of carbonyl (C=O) groups is 3. The number of rotatable bonds is 6. The van der Waals surface area contributed by atoms with Crippen LogP contribution in [0, 0.1) is 0 Å². The van der Waals surface area contributed by atoms with Crippen LogP contribution in [0.15, 0.2) is 41.8 Å². The molecule has 3 rings (SSSR count). The van der Waals surface area contributed by atoms with E-state index in [-0.39, 0.29) is 12.6 Å². The topological polar surface area (TPSA) is 130 Å². The van der Waals surface area contributed by atoms with Crippen molar-refractivity contribution in [1.29, 1.82) is 0 Å². The van der Waals surface area contributed by atoms with Crippen LogP contribution in [0.2, 0.25) is 0 Å². The first kappa shape index (κ1) is 20.7. The number of hydrogen-bond acceptors (Lipinski definition) is 6. The van der Waals surface area contributed by atoms with Crippen LogP contribution in [0.4, 0.5) is 0 Å². The lowest BCUT2D eigenvalue weighted by Gasteiger charge is -2.45. The molecular weight excluding hydrogens is 378 g/mol. The van der Waals surface area contributed by atoms with Gasteiger partial charge in [-0.25, -0.2) is 0 Å². The Morgan fingerprint density at radius 3 is 2.38 bits per heavy atom. The summed E-state index contributed by atoms with van der Waals surface area (Å²) in [4.78, 5) is 38.7. The lowest BCUT2D eigenvalue weighted by molar-refractivity contribution is -0.173. The lowest BCUT2D eigenvalue weighted by Crippen LogP contribution is -2.59. The van der Waals surface area contributed by atoms with Gasteiger partial charge in [-0.2, -0.15) is 0 Å². The molecular formula is C20H25N3O6. The largest absolute Gasteiger partial charge is 0.494 e. The van der Waals surface area contributed by atoms with Crippen molar-refractivity contribution >= 4 is 17.8 Å². The van der Waals surface area contributed by atoms with Crippen LogP contribution in [0.5, 0.6) is 0 Å². The Hall–Kier alpha value is -3.07. The predicted molar refractivity (Wildman–Crippen MR) is 102 cm³/mol. The van der Waals surface area contributed by atoms with Crippen molar-refractivity contribution in [3.8, 4) is 0 Å². The second kappa shape index (κ2) is 8.95. The van der Waals surface area contributed by atoms with Crippen LogP contribution >= 0.6 is 0 Å². The van der Waals surface area contributed by atoms with Gasteiger partial charge in [-0.1, -0.05) is 49.6 Å². The van der Waals surface area contributed by atoms with Gasteiger partial charge in [0.25, 0.3) is 11.8 Å². The fourth-order valence-electron chi connectivity index (χ4n) is 3.83. The molecule has 0 bridgehead atoms. The van der Waals surface area contributed by atoms with Gasteiger partial charge in [0.15, 0.2) is 5.57 Å². The number of aliphatic carboxylic acids is 1. The second-order valence-electron chi connectivity index (χ2n) is 7.24. The van der Waals surface area contributed by atoms with Gasteiger partial charge in [0.05, 0.1) is 6.54 Å². The van der Waals surface area contributed by atoms with Crippen LogP contribution in [0.25, 0.3) is 0 Å². The molecule has 156 valence electrons. The number of aliphatic hydroxyl groups excluding tert-OH is 2. The van der Waals surface area contributed by atoms with Crippen molar-refractivity contribution in [2.24, 2.45) is 0 Å². The molecule has 1 aromatic rings. The summed E-state index contributed by atoms with van der Waals surface area (Å²) in [5, 5.41) is 32.6. The minimum Gasteiger partial charge on any atom is -0.494 e. The molecule has 29 heavy (non-hydrogen) atoms. The smallest absolute Gasteiger partial charge is 0.322 e. The fraction of sp³-hybridized carbons (Fsp3) is 0.450. The van der Waals surface area contributed by atoms with Crippen LogP contribution in [0.1, 0.15) is 37.7 Å². The maximum absolute atomic E-state index is 13.0. The summed E-state index contributed by atoms with van der Waals surface area (Å²) in [5.41, 5.74) is 0.188. The zero-order valence-electron chi connectivity index (χ0n) is 16.0. The summed E-state index contributed by atoms with van der Waals surface area (Å²) < 4.78 is 0.